The molecule has 0 saturated heterocycles. The lowest BCUT2D eigenvalue weighted by Crippen LogP contribution is -1.85. The topological polar surface area (TPSA) is 45.9 Å². The minimum Gasteiger partial charge on any atom is -0.497 e. The largest absolute Gasteiger partial charge is 0.497 e. The van der Waals surface area contributed by atoms with Gasteiger partial charge in [-0.05, 0) is 30.7 Å². The number of allylic oxidation sites excluding steroid dienone is 1. The number of hydrogen-bond acceptors (Lipinski definition) is 4. The lowest BCUT2D eigenvalue weighted by Gasteiger charge is -2.01. The average molecular weight is 332 g/mol. The summed E-state index contributed by atoms with van der Waals surface area (Å²) in [5, 5.41) is 12.2. The molecule has 3 aromatic rings. The van der Waals surface area contributed by atoms with Crippen LogP contribution < -0.4 is 4.74 Å². The molecule has 1 heterocycles. The van der Waals surface area contributed by atoms with Gasteiger partial charge in [0.1, 0.15) is 16.8 Å². The van der Waals surface area contributed by atoms with Gasteiger partial charge in [-0.2, -0.15) is 5.26 Å². The molecule has 24 heavy (non-hydrogen) atoms. The van der Waals surface area contributed by atoms with Gasteiger partial charge in [-0.25, -0.2) is 4.98 Å². The number of aromatic nitrogens is 1. The molecule has 0 radical (unpaired) electrons. The summed E-state index contributed by atoms with van der Waals surface area (Å²) in [6.07, 6.45) is 1.83. The number of hydrogen-bond donors (Lipinski definition) is 0. The van der Waals surface area contributed by atoms with Crippen LogP contribution >= 0.6 is 11.3 Å². The van der Waals surface area contributed by atoms with E-state index in [1.54, 1.807) is 7.11 Å². The highest BCUT2D eigenvalue weighted by molar-refractivity contribution is 7.11. The summed E-state index contributed by atoms with van der Waals surface area (Å²) in [4.78, 5) is 4.62. The molecule has 0 unspecified atom stereocenters. The van der Waals surface area contributed by atoms with Crippen LogP contribution in [-0.4, -0.2) is 12.1 Å². The van der Waals surface area contributed by atoms with Crippen molar-refractivity contribution in [3.8, 4) is 23.1 Å². The van der Waals surface area contributed by atoms with Crippen LogP contribution in [0, 0.1) is 18.3 Å². The Morgan fingerprint density at radius 2 is 2.00 bits per heavy atom. The van der Waals surface area contributed by atoms with Crippen molar-refractivity contribution in [2.75, 3.05) is 7.11 Å². The van der Waals surface area contributed by atoms with E-state index in [2.05, 4.69) is 30.1 Å². The van der Waals surface area contributed by atoms with Gasteiger partial charge in [-0.15, -0.1) is 11.3 Å². The van der Waals surface area contributed by atoms with Crippen molar-refractivity contribution in [3.63, 3.8) is 0 Å². The maximum atomic E-state index is 9.50. The average Bonchev–Trinajstić information content (AvgIpc) is 3.10. The van der Waals surface area contributed by atoms with Crippen molar-refractivity contribution >= 4 is 23.0 Å². The molecule has 0 N–H and O–H groups in total. The molecule has 0 atom stereocenters. The summed E-state index contributed by atoms with van der Waals surface area (Å²) in [5.74, 6) is 0.764. The van der Waals surface area contributed by atoms with Gasteiger partial charge in [0.05, 0.1) is 18.4 Å². The highest BCUT2D eigenvalue weighted by Gasteiger charge is 2.09. The zero-order valence-corrected chi connectivity index (χ0v) is 14.3. The smallest absolute Gasteiger partial charge is 0.134 e. The molecular formula is C20H16N2OS. The molecule has 1 aromatic heterocycles. The SMILES string of the molecule is COc1cccc(/C=C(\C#N)c2nc(-c3ccc(C)cc3)cs2)c1. The first-order valence-corrected chi connectivity index (χ1v) is 8.36. The Hall–Kier alpha value is -2.90. The number of thiazole rings is 1. The van der Waals surface area contributed by atoms with Crippen molar-refractivity contribution in [1.82, 2.24) is 4.98 Å². The Bertz CT molecular complexity index is 917. The number of benzene rings is 2. The Labute approximate surface area is 145 Å². The van der Waals surface area contributed by atoms with Gasteiger partial charge in [0, 0.05) is 10.9 Å². The molecule has 0 spiro atoms. The summed E-state index contributed by atoms with van der Waals surface area (Å²) < 4.78 is 5.22. The van der Waals surface area contributed by atoms with E-state index in [0.29, 0.717) is 5.57 Å². The second-order valence-electron chi connectivity index (χ2n) is 5.35. The summed E-state index contributed by atoms with van der Waals surface area (Å²) in [5.41, 5.74) is 4.62. The summed E-state index contributed by atoms with van der Waals surface area (Å²) >= 11 is 1.48. The van der Waals surface area contributed by atoms with Gasteiger partial charge >= 0.3 is 0 Å². The molecule has 0 saturated carbocycles. The number of rotatable bonds is 4. The standard InChI is InChI=1S/C20H16N2OS/c1-14-6-8-16(9-7-14)19-13-24-20(22-19)17(12-21)10-15-4-3-5-18(11-15)23-2/h3-11,13H,1-2H3/b17-10+. The van der Waals surface area contributed by atoms with Crippen molar-refractivity contribution in [2.24, 2.45) is 0 Å². The van der Waals surface area contributed by atoms with Crippen LogP contribution in [-0.2, 0) is 0 Å². The first-order valence-electron chi connectivity index (χ1n) is 7.48. The van der Waals surface area contributed by atoms with Crippen LogP contribution in [0.4, 0.5) is 0 Å². The molecule has 3 rings (SSSR count). The van der Waals surface area contributed by atoms with Crippen LogP contribution in [0.15, 0.2) is 53.9 Å². The lowest BCUT2D eigenvalue weighted by atomic mass is 10.1. The third kappa shape index (κ3) is 3.53. The van der Waals surface area contributed by atoms with E-state index in [1.807, 2.05) is 47.9 Å². The van der Waals surface area contributed by atoms with Gasteiger partial charge < -0.3 is 4.74 Å². The maximum Gasteiger partial charge on any atom is 0.134 e. The van der Waals surface area contributed by atoms with E-state index in [-0.39, 0.29) is 0 Å². The maximum absolute atomic E-state index is 9.50. The minimum atomic E-state index is 0.548. The third-order valence-electron chi connectivity index (χ3n) is 3.61. The predicted octanol–water partition coefficient (Wildman–Crippen LogP) is 5.19. The van der Waals surface area contributed by atoms with Crippen molar-refractivity contribution < 1.29 is 4.74 Å². The molecule has 0 bridgehead atoms. The van der Waals surface area contributed by atoms with Gasteiger partial charge in [-0.3, -0.25) is 0 Å². The molecule has 118 valence electrons. The van der Waals surface area contributed by atoms with Gasteiger partial charge in [0.25, 0.3) is 0 Å². The monoisotopic (exact) mass is 332 g/mol. The number of nitriles is 1. The van der Waals surface area contributed by atoms with Gasteiger partial charge in [0.2, 0.25) is 0 Å². The van der Waals surface area contributed by atoms with Crippen LogP contribution in [0.3, 0.4) is 0 Å². The second kappa shape index (κ2) is 7.12. The van der Waals surface area contributed by atoms with E-state index in [9.17, 15) is 5.26 Å². The van der Waals surface area contributed by atoms with Gasteiger partial charge in [-0.1, -0.05) is 42.0 Å². The summed E-state index contributed by atoms with van der Waals surface area (Å²) in [7, 11) is 1.63. The number of aryl methyl sites for hydroxylation is 1. The van der Waals surface area contributed by atoms with Crippen LogP contribution in [0.5, 0.6) is 5.75 Å². The van der Waals surface area contributed by atoms with Crippen molar-refractivity contribution in [2.45, 2.75) is 6.92 Å². The molecule has 0 aliphatic rings. The Morgan fingerprint density at radius 1 is 1.21 bits per heavy atom. The van der Waals surface area contributed by atoms with E-state index in [1.165, 1.54) is 16.9 Å². The van der Waals surface area contributed by atoms with E-state index < -0.39 is 0 Å². The fraction of sp³-hybridized carbons (Fsp3) is 0.100. The molecule has 0 aliphatic carbocycles. The summed E-state index contributed by atoms with van der Waals surface area (Å²) in [6.45, 7) is 2.06. The fourth-order valence-corrected chi connectivity index (χ4v) is 3.09. The van der Waals surface area contributed by atoms with Crippen molar-refractivity contribution in [3.05, 3.63) is 70.0 Å². The molecule has 0 amide bonds. The van der Waals surface area contributed by atoms with E-state index >= 15 is 0 Å². The van der Waals surface area contributed by atoms with Crippen LogP contribution in [0.2, 0.25) is 0 Å². The van der Waals surface area contributed by atoms with Crippen molar-refractivity contribution in [1.29, 1.82) is 5.26 Å². The minimum absolute atomic E-state index is 0.548. The molecule has 0 aliphatic heterocycles. The molecule has 2 aromatic carbocycles. The third-order valence-corrected chi connectivity index (χ3v) is 4.48. The Morgan fingerprint density at radius 3 is 2.71 bits per heavy atom. The van der Waals surface area contributed by atoms with E-state index in [0.717, 1.165) is 27.6 Å². The normalized spacial score (nSPS) is 11.1. The molecule has 0 fully saturated rings. The first kappa shape index (κ1) is 16.0. The highest BCUT2D eigenvalue weighted by Crippen LogP contribution is 2.27. The van der Waals surface area contributed by atoms with Gasteiger partial charge in [0.15, 0.2) is 0 Å². The predicted molar refractivity (Wildman–Crippen MR) is 98.8 cm³/mol. The molecule has 3 nitrogen and oxygen atoms in total. The molecular weight excluding hydrogens is 316 g/mol. The number of methoxy groups -OCH3 is 1. The van der Waals surface area contributed by atoms with Crippen LogP contribution in [0.1, 0.15) is 16.1 Å². The number of ether oxygens (including phenoxy) is 1. The second-order valence-corrected chi connectivity index (χ2v) is 6.21. The Kier molecular flexibility index (Phi) is 4.74. The zero-order valence-electron chi connectivity index (χ0n) is 13.5. The zero-order chi connectivity index (χ0) is 16.9. The lowest BCUT2D eigenvalue weighted by molar-refractivity contribution is 0.414. The number of nitrogens with zero attached hydrogens (tertiary/aromatic N) is 2. The summed E-state index contributed by atoms with van der Waals surface area (Å²) in [6, 6.07) is 18.1. The highest BCUT2D eigenvalue weighted by atomic mass is 32.1. The van der Waals surface area contributed by atoms with E-state index in [4.69, 9.17) is 4.74 Å². The fourth-order valence-electron chi connectivity index (χ4n) is 2.29. The Balaban J connectivity index is 1.93. The first-order chi connectivity index (χ1) is 11.7. The molecule has 4 heteroatoms. The van der Waals surface area contributed by atoms with Crippen LogP contribution in [0.25, 0.3) is 22.9 Å². The quantitative estimate of drug-likeness (QED) is 0.618.